The van der Waals surface area contributed by atoms with Crippen molar-refractivity contribution >= 4 is 5.97 Å². The van der Waals surface area contributed by atoms with E-state index in [2.05, 4.69) is 0 Å². The molecule has 0 atom stereocenters. The molecule has 0 N–H and O–H groups in total. The van der Waals surface area contributed by atoms with Gasteiger partial charge in [0.25, 0.3) is 0 Å². The van der Waals surface area contributed by atoms with Crippen LogP contribution in [0.5, 0.6) is 17.2 Å². The molecule has 0 amide bonds. The molecule has 28 heavy (non-hydrogen) atoms. The molecule has 148 valence electrons. The normalized spacial score (nSPS) is 16.8. The Balaban J connectivity index is 1.47. The molecule has 0 saturated carbocycles. The van der Waals surface area contributed by atoms with E-state index in [1.807, 2.05) is 0 Å². The highest BCUT2D eigenvalue weighted by molar-refractivity contribution is 5.70. The molecule has 1 fully saturated rings. The third-order valence-electron chi connectivity index (χ3n) is 4.56. The molecular weight excluding hydrogens is 371 g/mol. The van der Waals surface area contributed by atoms with Gasteiger partial charge < -0.3 is 28.4 Å². The lowest BCUT2D eigenvalue weighted by Gasteiger charge is -2.26. The average molecular weight is 390 g/mol. The van der Waals surface area contributed by atoms with Crippen LogP contribution in [0.25, 0.3) is 0 Å². The predicted molar refractivity (Wildman–Crippen MR) is 93.5 cm³/mol. The molecule has 0 bridgehead atoms. The lowest BCUT2D eigenvalue weighted by Crippen LogP contribution is -2.30. The largest absolute Gasteiger partial charge is 0.489 e. The smallest absolute Gasteiger partial charge is 0.311 e. The summed E-state index contributed by atoms with van der Waals surface area (Å²) in [5.74, 6) is -0.577. The summed E-state index contributed by atoms with van der Waals surface area (Å²) in [7, 11) is 1.32. The van der Waals surface area contributed by atoms with Crippen LogP contribution in [-0.2, 0) is 31.4 Å². The minimum atomic E-state index is -1.15. The second kappa shape index (κ2) is 7.65. The van der Waals surface area contributed by atoms with Crippen molar-refractivity contribution < 1.29 is 37.6 Å². The minimum absolute atomic E-state index is 0.0452. The maximum Gasteiger partial charge on any atom is 0.311 e. The SMILES string of the molecule is COC(=O)CC1(c2ccc(OCc3cc(F)cc4c3OCO4)cc2)OCCO1. The van der Waals surface area contributed by atoms with Crippen molar-refractivity contribution in [2.45, 2.75) is 18.8 Å². The number of carbonyl (C=O) groups excluding carboxylic acids is 1. The average Bonchev–Trinajstić information content (AvgIpc) is 3.36. The van der Waals surface area contributed by atoms with E-state index in [4.69, 9.17) is 28.4 Å². The summed E-state index contributed by atoms with van der Waals surface area (Å²) in [4.78, 5) is 11.7. The first-order valence-corrected chi connectivity index (χ1v) is 8.76. The van der Waals surface area contributed by atoms with Crippen molar-refractivity contribution in [1.29, 1.82) is 0 Å². The van der Waals surface area contributed by atoms with Crippen molar-refractivity contribution in [3.63, 3.8) is 0 Å². The number of rotatable bonds is 6. The summed E-state index contributed by atoms with van der Waals surface area (Å²) in [6, 6.07) is 9.63. The molecule has 2 aromatic rings. The second-order valence-corrected chi connectivity index (χ2v) is 6.31. The molecule has 2 aliphatic rings. The Kier molecular flexibility index (Phi) is 5.06. The molecule has 2 heterocycles. The zero-order valence-corrected chi connectivity index (χ0v) is 15.2. The summed E-state index contributed by atoms with van der Waals surface area (Å²) in [5.41, 5.74) is 1.24. The van der Waals surface area contributed by atoms with Gasteiger partial charge in [-0.05, 0) is 30.3 Å². The van der Waals surface area contributed by atoms with Gasteiger partial charge in [-0.25, -0.2) is 4.39 Å². The number of benzene rings is 2. The van der Waals surface area contributed by atoms with Crippen LogP contribution in [0.2, 0.25) is 0 Å². The number of fused-ring (bicyclic) bond motifs is 1. The fraction of sp³-hybridized carbons (Fsp3) is 0.350. The Labute approximate surface area is 160 Å². The number of carbonyl (C=O) groups is 1. The van der Waals surface area contributed by atoms with Gasteiger partial charge in [0.05, 0.1) is 20.3 Å². The molecule has 0 spiro atoms. The molecule has 7 nitrogen and oxygen atoms in total. The van der Waals surface area contributed by atoms with E-state index >= 15 is 0 Å². The zero-order chi connectivity index (χ0) is 19.6. The van der Waals surface area contributed by atoms with E-state index in [0.29, 0.717) is 41.6 Å². The van der Waals surface area contributed by atoms with Gasteiger partial charge in [0, 0.05) is 17.2 Å². The number of ether oxygens (including phenoxy) is 6. The van der Waals surface area contributed by atoms with Gasteiger partial charge in [-0.3, -0.25) is 4.79 Å². The quantitative estimate of drug-likeness (QED) is 0.703. The van der Waals surface area contributed by atoms with Crippen molar-refractivity contribution in [1.82, 2.24) is 0 Å². The van der Waals surface area contributed by atoms with Gasteiger partial charge in [-0.15, -0.1) is 0 Å². The van der Waals surface area contributed by atoms with Crippen LogP contribution in [-0.4, -0.2) is 33.1 Å². The number of methoxy groups -OCH3 is 1. The highest BCUT2D eigenvalue weighted by Crippen LogP contribution is 2.38. The first-order chi connectivity index (χ1) is 13.6. The predicted octanol–water partition coefficient (Wildman–Crippen LogP) is 2.90. The van der Waals surface area contributed by atoms with Gasteiger partial charge in [0.1, 0.15) is 24.6 Å². The molecule has 8 heteroatoms. The molecule has 0 aliphatic carbocycles. The monoisotopic (exact) mass is 390 g/mol. The lowest BCUT2D eigenvalue weighted by atomic mass is 10.0. The Morgan fingerprint density at radius 1 is 1.14 bits per heavy atom. The zero-order valence-electron chi connectivity index (χ0n) is 15.2. The summed E-state index contributed by atoms with van der Waals surface area (Å²) < 4.78 is 46.2. The van der Waals surface area contributed by atoms with Gasteiger partial charge in [-0.2, -0.15) is 0 Å². The molecular formula is C20H19FO7. The van der Waals surface area contributed by atoms with Crippen LogP contribution in [0, 0.1) is 5.82 Å². The van der Waals surface area contributed by atoms with Gasteiger partial charge >= 0.3 is 5.97 Å². The summed E-state index contributed by atoms with van der Waals surface area (Å²) >= 11 is 0. The van der Waals surface area contributed by atoms with E-state index in [9.17, 15) is 9.18 Å². The highest BCUT2D eigenvalue weighted by atomic mass is 19.1. The van der Waals surface area contributed by atoms with Gasteiger partial charge in [0.15, 0.2) is 11.5 Å². The molecule has 0 radical (unpaired) electrons. The maximum atomic E-state index is 13.7. The Bertz CT molecular complexity index is 860. The first kappa shape index (κ1) is 18.5. The molecule has 0 aromatic heterocycles. The van der Waals surface area contributed by atoms with E-state index in [-0.39, 0.29) is 19.8 Å². The third kappa shape index (κ3) is 3.61. The number of hydrogen-bond donors (Lipinski definition) is 0. The molecule has 2 aromatic carbocycles. The maximum absolute atomic E-state index is 13.7. The first-order valence-electron chi connectivity index (χ1n) is 8.76. The van der Waals surface area contributed by atoms with Crippen molar-refractivity contribution in [3.8, 4) is 17.2 Å². The summed E-state index contributed by atoms with van der Waals surface area (Å²) in [6.45, 7) is 0.954. The van der Waals surface area contributed by atoms with E-state index in [1.165, 1.54) is 19.2 Å². The minimum Gasteiger partial charge on any atom is -0.489 e. The summed E-state index contributed by atoms with van der Waals surface area (Å²) in [6.07, 6.45) is -0.0452. The number of hydrogen-bond acceptors (Lipinski definition) is 7. The van der Waals surface area contributed by atoms with Crippen LogP contribution in [0.15, 0.2) is 36.4 Å². The summed E-state index contributed by atoms with van der Waals surface area (Å²) in [5, 5.41) is 0. The highest BCUT2D eigenvalue weighted by Gasteiger charge is 2.41. The van der Waals surface area contributed by atoms with E-state index in [1.54, 1.807) is 24.3 Å². The number of esters is 1. The third-order valence-corrected chi connectivity index (χ3v) is 4.56. The Morgan fingerprint density at radius 3 is 2.61 bits per heavy atom. The second-order valence-electron chi connectivity index (χ2n) is 6.31. The van der Waals surface area contributed by atoms with Gasteiger partial charge in [0.2, 0.25) is 12.6 Å². The fourth-order valence-electron chi connectivity index (χ4n) is 3.21. The van der Waals surface area contributed by atoms with Gasteiger partial charge in [-0.1, -0.05) is 0 Å². The topological polar surface area (TPSA) is 72.5 Å². The fourth-order valence-corrected chi connectivity index (χ4v) is 3.21. The molecule has 4 rings (SSSR count). The van der Waals surface area contributed by atoms with E-state index < -0.39 is 17.6 Å². The number of halogens is 1. The molecule has 0 unspecified atom stereocenters. The standard InChI is InChI=1S/C20H19FO7/c1-23-18(22)10-20(27-6-7-28-20)14-2-4-16(5-3-14)24-11-13-8-15(21)9-17-19(13)26-12-25-17/h2-5,8-9H,6-7,10-12H2,1H3. The van der Waals surface area contributed by atoms with Crippen molar-refractivity contribution in [2.75, 3.05) is 27.1 Å². The molecule has 2 aliphatic heterocycles. The van der Waals surface area contributed by atoms with Crippen LogP contribution in [0.1, 0.15) is 17.5 Å². The van der Waals surface area contributed by atoms with Crippen molar-refractivity contribution in [3.05, 3.63) is 53.3 Å². The van der Waals surface area contributed by atoms with Crippen LogP contribution in [0.4, 0.5) is 4.39 Å². The molecule has 1 saturated heterocycles. The Hall–Kier alpha value is -2.84. The Morgan fingerprint density at radius 2 is 1.89 bits per heavy atom. The van der Waals surface area contributed by atoms with Crippen molar-refractivity contribution in [2.24, 2.45) is 0 Å². The van der Waals surface area contributed by atoms with E-state index in [0.717, 1.165) is 0 Å². The lowest BCUT2D eigenvalue weighted by molar-refractivity contribution is -0.186. The van der Waals surface area contributed by atoms with Crippen LogP contribution >= 0.6 is 0 Å². The van der Waals surface area contributed by atoms with Crippen LogP contribution < -0.4 is 14.2 Å². The van der Waals surface area contributed by atoms with Crippen LogP contribution in [0.3, 0.4) is 0 Å².